The topological polar surface area (TPSA) is 12.4 Å². The third kappa shape index (κ3) is 0.416. The molecule has 0 N–H and O–H groups in total. The van der Waals surface area contributed by atoms with E-state index >= 15 is 0 Å². The second-order valence-corrected chi connectivity index (χ2v) is 1.66. The van der Waals surface area contributed by atoms with Crippen LogP contribution in [-0.2, 0) is 0 Å². The van der Waals surface area contributed by atoms with Crippen LogP contribution in [0.3, 0.4) is 0 Å². The first-order valence-electron chi connectivity index (χ1n) is 1.31. The monoisotopic (exact) mass is 132 g/mol. The Kier molecular flexibility index (Phi) is 0.601. The molecule has 0 fully saturated rings. The fourth-order valence-corrected chi connectivity index (χ4v) is 0.391. The minimum atomic E-state index is 1.00. The molecule has 1 nitrogen and oxygen atoms in total. The number of aliphatic imine (C=N–C) groups is 1. The Labute approximate surface area is 38.6 Å². The molecule has 0 saturated heterocycles. The van der Waals surface area contributed by atoms with Gasteiger partial charge in [0.25, 0.3) is 0 Å². The Balaban J connectivity index is 2.60. The van der Waals surface area contributed by atoms with Crippen LogP contribution >= 0.6 is 0 Å². The van der Waals surface area contributed by atoms with Gasteiger partial charge in [-0.05, 0) is 0 Å². The van der Waals surface area contributed by atoms with E-state index in [9.17, 15) is 0 Å². The number of allylic oxidation sites excluding steroid dienone is 1. The van der Waals surface area contributed by atoms with Gasteiger partial charge >= 0.3 is 37.9 Å². The molecule has 2 heteroatoms. The van der Waals surface area contributed by atoms with Crippen LogP contribution in [0, 0.1) is 0 Å². The van der Waals surface area contributed by atoms with E-state index in [0.29, 0.717) is 0 Å². The van der Waals surface area contributed by atoms with Crippen molar-refractivity contribution in [2.75, 3.05) is 0 Å². The van der Waals surface area contributed by atoms with E-state index in [0.717, 1.165) is 4.60 Å². The van der Waals surface area contributed by atoms with Gasteiger partial charge in [-0.3, -0.25) is 0 Å². The van der Waals surface area contributed by atoms with Crippen LogP contribution in [0.2, 0.25) is 0 Å². The van der Waals surface area contributed by atoms with E-state index in [1.54, 1.807) is 6.21 Å². The SMILES string of the molecule is [Se]C1=CC=N1. The van der Waals surface area contributed by atoms with Crippen molar-refractivity contribution in [1.82, 2.24) is 0 Å². The molecule has 0 unspecified atom stereocenters. The van der Waals surface area contributed by atoms with E-state index in [1.165, 1.54) is 0 Å². The second-order valence-electron chi connectivity index (χ2n) is 0.783. The normalized spacial score (nSPS) is 17.2. The van der Waals surface area contributed by atoms with Gasteiger partial charge in [0.05, 0.1) is 0 Å². The molecule has 5 heavy (non-hydrogen) atoms. The Morgan fingerprint density at radius 2 is 2.20 bits per heavy atom. The third-order valence-corrected chi connectivity index (χ3v) is 0.926. The molecule has 0 aromatic rings. The molecule has 0 spiro atoms. The van der Waals surface area contributed by atoms with Crippen molar-refractivity contribution in [3.05, 3.63) is 10.7 Å². The van der Waals surface area contributed by atoms with E-state index in [1.807, 2.05) is 6.08 Å². The summed E-state index contributed by atoms with van der Waals surface area (Å²) in [5, 5.41) is 0. The van der Waals surface area contributed by atoms with Crippen molar-refractivity contribution in [3.8, 4) is 0 Å². The van der Waals surface area contributed by atoms with Gasteiger partial charge in [0.1, 0.15) is 0 Å². The standard InChI is InChI=1S/C3H2NSe/c5-3-1-2-4-3/h1-2H. The summed E-state index contributed by atoms with van der Waals surface area (Å²) < 4.78 is 1.00. The van der Waals surface area contributed by atoms with Gasteiger partial charge in [0.15, 0.2) is 0 Å². The van der Waals surface area contributed by atoms with Crippen molar-refractivity contribution in [1.29, 1.82) is 0 Å². The predicted molar refractivity (Wildman–Crippen MR) is 22.3 cm³/mol. The predicted octanol–water partition coefficient (Wildman–Crippen LogP) is 0.0807. The van der Waals surface area contributed by atoms with Crippen LogP contribution in [0.25, 0.3) is 0 Å². The average Bonchev–Trinajstić information content (AvgIpc) is 1.30. The molecule has 0 aromatic carbocycles. The van der Waals surface area contributed by atoms with Crippen molar-refractivity contribution in [2.45, 2.75) is 0 Å². The summed E-state index contributed by atoms with van der Waals surface area (Å²) >= 11 is 2.74. The maximum absolute atomic E-state index is 3.75. The van der Waals surface area contributed by atoms with Crippen LogP contribution in [0.15, 0.2) is 15.7 Å². The summed E-state index contributed by atoms with van der Waals surface area (Å²) in [7, 11) is 0. The summed E-state index contributed by atoms with van der Waals surface area (Å²) in [6.45, 7) is 0. The fourth-order valence-electron chi connectivity index (χ4n) is 0.135. The van der Waals surface area contributed by atoms with E-state index < -0.39 is 0 Å². The first kappa shape index (κ1) is 3.13. The van der Waals surface area contributed by atoms with E-state index in [4.69, 9.17) is 0 Å². The molecule has 0 amide bonds. The second kappa shape index (κ2) is 0.959. The molecule has 0 saturated carbocycles. The molecular formula is C3H2NSe. The Morgan fingerprint density at radius 1 is 1.80 bits per heavy atom. The molecule has 1 radical (unpaired) electrons. The minimum absolute atomic E-state index is 1.00. The Bertz CT molecular complexity index is 93.1. The molecule has 1 aliphatic rings. The van der Waals surface area contributed by atoms with E-state index in [2.05, 4.69) is 21.0 Å². The van der Waals surface area contributed by atoms with Gasteiger partial charge in [-0.2, -0.15) is 0 Å². The molecule has 1 rings (SSSR count). The average molecular weight is 131 g/mol. The molecule has 0 aromatic heterocycles. The van der Waals surface area contributed by atoms with Gasteiger partial charge < -0.3 is 0 Å². The molecular weight excluding hydrogens is 129 g/mol. The molecule has 1 heterocycles. The van der Waals surface area contributed by atoms with Crippen LogP contribution in [0.5, 0.6) is 0 Å². The quantitative estimate of drug-likeness (QED) is 0.413. The summed E-state index contributed by atoms with van der Waals surface area (Å²) in [6.07, 6.45) is 3.67. The van der Waals surface area contributed by atoms with Gasteiger partial charge in [-0.15, -0.1) is 0 Å². The number of hydrogen-bond donors (Lipinski definition) is 0. The summed E-state index contributed by atoms with van der Waals surface area (Å²) in [4.78, 5) is 3.75. The fraction of sp³-hybridized carbons (Fsp3) is 0. The van der Waals surface area contributed by atoms with E-state index in [-0.39, 0.29) is 0 Å². The number of rotatable bonds is 0. The molecule has 1 aliphatic heterocycles. The van der Waals surface area contributed by atoms with Gasteiger partial charge in [0, 0.05) is 0 Å². The zero-order valence-corrected chi connectivity index (χ0v) is 4.22. The first-order chi connectivity index (χ1) is 2.39. The zero-order valence-electron chi connectivity index (χ0n) is 2.51. The van der Waals surface area contributed by atoms with Crippen molar-refractivity contribution < 1.29 is 0 Å². The molecule has 25 valence electrons. The Morgan fingerprint density at radius 3 is 2.20 bits per heavy atom. The summed E-state index contributed by atoms with van der Waals surface area (Å²) in [6, 6.07) is 0. The van der Waals surface area contributed by atoms with Gasteiger partial charge in [-0.25, -0.2) is 0 Å². The van der Waals surface area contributed by atoms with Crippen LogP contribution < -0.4 is 0 Å². The third-order valence-electron chi connectivity index (χ3n) is 0.419. The maximum atomic E-state index is 3.75. The van der Waals surface area contributed by atoms with Crippen molar-refractivity contribution in [2.24, 2.45) is 4.99 Å². The summed E-state index contributed by atoms with van der Waals surface area (Å²) in [5.41, 5.74) is 0. The van der Waals surface area contributed by atoms with Gasteiger partial charge in [0.2, 0.25) is 0 Å². The van der Waals surface area contributed by atoms with Gasteiger partial charge in [-0.1, -0.05) is 0 Å². The van der Waals surface area contributed by atoms with Crippen LogP contribution in [0.1, 0.15) is 0 Å². The molecule has 0 atom stereocenters. The number of hydrogen-bond acceptors (Lipinski definition) is 1. The summed E-state index contributed by atoms with van der Waals surface area (Å²) in [5.74, 6) is 0. The zero-order chi connectivity index (χ0) is 3.70. The van der Waals surface area contributed by atoms with Crippen LogP contribution in [0.4, 0.5) is 0 Å². The first-order valence-corrected chi connectivity index (χ1v) is 2.16. The van der Waals surface area contributed by atoms with Crippen LogP contribution in [-0.4, -0.2) is 22.2 Å². The van der Waals surface area contributed by atoms with Crippen molar-refractivity contribution >= 4 is 22.2 Å². The molecule has 0 bridgehead atoms. The Hall–Kier alpha value is -0.0705. The van der Waals surface area contributed by atoms with Crippen molar-refractivity contribution in [3.63, 3.8) is 0 Å². The number of nitrogens with zero attached hydrogens (tertiary/aromatic N) is 1. The molecule has 0 aliphatic carbocycles.